The van der Waals surface area contributed by atoms with Crippen LogP contribution in [0.5, 0.6) is 0 Å². The van der Waals surface area contributed by atoms with Gasteiger partial charge in [-0.15, -0.1) is 0 Å². The van der Waals surface area contributed by atoms with Gasteiger partial charge in [0.1, 0.15) is 0 Å². The number of halogens is 1. The summed E-state index contributed by atoms with van der Waals surface area (Å²) in [6, 6.07) is 16.1. The number of aryl methyl sites for hydroxylation is 1. The van der Waals surface area contributed by atoms with Crippen LogP contribution >= 0.6 is 15.9 Å². The zero-order chi connectivity index (χ0) is 15.8. The summed E-state index contributed by atoms with van der Waals surface area (Å²) in [7, 11) is 0. The molecule has 2 heterocycles. The van der Waals surface area contributed by atoms with Crippen LogP contribution in [0.4, 0.5) is 0 Å². The molecule has 1 aromatic heterocycles. The van der Waals surface area contributed by atoms with Crippen molar-refractivity contribution in [3.05, 3.63) is 64.3 Å². The number of fused-ring (bicyclic) bond motifs is 2. The second kappa shape index (κ2) is 5.78. The smallest absolute Gasteiger partial charge is 0.253 e. The van der Waals surface area contributed by atoms with E-state index in [9.17, 15) is 4.79 Å². The Morgan fingerprint density at radius 3 is 2.70 bits per heavy atom. The molecular formula is C19H15BrN2O. The fourth-order valence-corrected chi connectivity index (χ4v) is 3.52. The van der Waals surface area contributed by atoms with Crippen LogP contribution in [0.15, 0.2) is 53.0 Å². The molecule has 3 aromatic rings. The first-order chi connectivity index (χ1) is 11.2. The number of rotatable bonds is 1. The molecule has 4 rings (SSSR count). The molecule has 0 fully saturated rings. The fraction of sp³-hybridized carbons (Fsp3) is 0.158. The number of carbonyl (C=O) groups excluding carboxylic acids is 1. The minimum atomic E-state index is -0.0225. The highest BCUT2D eigenvalue weighted by atomic mass is 79.9. The normalized spacial score (nSPS) is 14.2. The summed E-state index contributed by atoms with van der Waals surface area (Å²) < 4.78 is 0.984. The van der Waals surface area contributed by atoms with E-state index < -0.39 is 0 Å². The van der Waals surface area contributed by atoms with Gasteiger partial charge >= 0.3 is 0 Å². The Balaban J connectivity index is 2.14. The molecule has 0 bridgehead atoms. The summed E-state index contributed by atoms with van der Waals surface area (Å²) in [4.78, 5) is 17.4. The average Bonchev–Trinajstić information content (AvgIpc) is 2.75. The van der Waals surface area contributed by atoms with Crippen molar-refractivity contribution in [1.29, 1.82) is 0 Å². The van der Waals surface area contributed by atoms with E-state index >= 15 is 0 Å². The fourth-order valence-electron chi connectivity index (χ4n) is 3.16. The van der Waals surface area contributed by atoms with E-state index in [-0.39, 0.29) is 5.91 Å². The average molecular weight is 367 g/mol. The lowest BCUT2D eigenvalue weighted by Crippen LogP contribution is -2.23. The quantitative estimate of drug-likeness (QED) is 0.695. The van der Waals surface area contributed by atoms with Crippen LogP contribution in [-0.4, -0.2) is 17.4 Å². The Kier molecular flexibility index (Phi) is 3.62. The molecule has 1 aliphatic rings. The third-order valence-electron chi connectivity index (χ3n) is 4.19. The number of hydrogen-bond acceptors (Lipinski definition) is 2. The number of carbonyl (C=O) groups is 1. The molecule has 0 atom stereocenters. The van der Waals surface area contributed by atoms with Gasteiger partial charge in [0.15, 0.2) is 0 Å². The second-order valence-corrected chi connectivity index (χ2v) is 6.61. The number of benzene rings is 2. The topological polar surface area (TPSA) is 42.0 Å². The first-order valence-corrected chi connectivity index (χ1v) is 8.49. The van der Waals surface area contributed by atoms with E-state index in [0.29, 0.717) is 6.54 Å². The predicted molar refractivity (Wildman–Crippen MR) is 95.5 cm³/mol. The van der Waals surface area contributed by atoms with E-state index in [1.165, 1.54) is 0 Å². The highest BCUT2D eigenvalue weighted by Crippen LogP contribution is 2.35. The zero-order valence-corrected chi connectivity index (χ0v) is 14.1. The molecule has 0 spiro atoms. The Morgan fingerprint density at radius 1 is 1.04 bits per heavy atom. The number of nitrogens with one attached hydrogen (secondary N) is 1. The van der Waals surface area contributed by atoms with Crippen LogP contribution in [-0.2, 0) is 6.42 Å². The van der Waals surface area contributed by atoms with Crippen LogP contribution in [0.3, 0.4) is 0 Å². The van der Waals surface area contributed by atoms with E-state index in [0.717, 1.165) is 50.6 Å². The van der Waals surface area contributed by atoms with Gasteiger partial charge in [-0.2, -0.15) is 0 Å². The van der Waals surface area contributed by atoms with Crippen molar-refractivity contribution in [2.75, 3.05) is 6.54 Å². The van der Waals surface area contributed by atoms with E-state index in [1.54, 1.807) is 0 Å². The van der Waals surface area contributed by atoms with Gasteiger partial charge in [-0.1, -0.05) is 46.3 Å². The van der Waals surface area contributed by atoms with Crippen molar-refractivity contribution < 1.29 is 4.79 Å². The number of pyridine rings is 1. The molecule has 4 heteroatoms. The summed E-state index contributed by atoms with van der Waals surface area (Å²) in [5.74, 6) is -0.0225. The lowest BCUT2D eigenvalue weighted by atomic mass is 9.93. The molecule has 0 radical (unpaired) electrons. The predicted octanol–water partition coefficient (Wildman–Crippen LogP) is 4.34. The monoisotopic (exact) mass is 366 g/mol. The van der Waals surface area contributed by atoms with Gasteiger partial charge < -0.3 is 5.32 Å². The van der Waals surface area contributed by atoms with Gasteiger partial charge in [-0.05, 0) is 36.6 Å². The van der Waals surface area contributed by atoms with Gasteiger partial charge in [0, 0.05) is 22.0 Å². The largest absolute Gasteiger partial charge is 0.352 e. The maximum Gasteiger partial charge on any atom is 0.253 e. The minimum absolute atomic E-state index is 0.0225. The molecule has 0 saturated heterocycles. The van der Waals surface area contributed by atoms with Crippen LogP contribution in [0.2, 0.25) is 0 Å². The Labute approximate surface area is 142 Å². The molecule has 1 aliphatic heterocycles. The molecule has 3 nitrogen and oxygen atoms in total. The second-order valence-electron chi connectivity index (χ2n) is 5.70. The maximum atomic E-state index is 12.7. The van der Waals surface area contributed by atoms with Crippen LogP contribution in [0.1, 0.15) is 22.5 Å². The highest BCUT2D eigenvalue weighted by molar-refractivity contribution is 9.10. The van der Waals surface area contributed by atoms with Gasteiger partial charge in [0.2, 0.25) is 0 Å². The summed E-state index contributed by atoms with van der Waals surface area (Å²) in [5.41, 5.74) is 4.58. The third-order valence-corrected chi connectivity index (χ3v) is 4.68. The number of aromatic nitrogens is 1. The molecule has 1 amide bonds. The Hall–Kier alpha value is -2.20. The zero-order valence-electron chi connectivity index (χ0n) is 12.5. The van der Waals surface area contributed by atoms with E-state index in [2.05, 4.69) is 21.2 Å². The SMILES string of the molecule is O=C1NCCCc2nc3ccc(Br)cc3c(-c3ccccc3)c21. The van der Waals surface area contributed by atoms with Crippen molar-refractivity contribution in [3.8, 4) is 11.1 Å². The first-order valence-electron chi connectivity index (χ1n) is 7.70. The number of amides is 1. The lowest BCUT2D eigenvalue weighted by molar-refractivity contribution is 0.0956. The van der Waals surface area contributed by atoms with E-state index in [1.807, 2.05) is 48.5 Å². The van der Waals surface area contributed by atoms with Crippen LogP contribution in [0, 0.1) is 0 Å². The molecule has 23 heavy (non-hydrogen) atoms. The maximum absolute atomic E-state index is 12.7. The Bertz CT molecular complexity index is 906. The molecule has 0 aliphatic carbocycles. The van der Waals surface area contributed by atoms with Crippen molar-refractivity contribution in [2.45, 2.75) is 12.8 Å². The van der Waals surface area contributed by atoms with Crippen molar-refractivity contribution in [1.82, 2.24) is 10.3 Å². The number of hydrogen-bond donors (Lipinski definition) is 1. The summed E-state index contributed by atoms with van der Waals surface area (Å²) in [5, 5.41) is 4.00. The third kappa shape index (κ3) is 2.53. The number of nitrogens with zero attached hydrogens (tertiary/aromatic N) is 1. The van der Waals surface area contributed by atoms with Gasteiger partial charge in [0.05, 0.1) is 16.8 Å². The molecule has 0 unspecified atom stereocenters. The summed E-state index contributed by atoms with van der Waals surface area (Å²) in [6.07, 6.45) is 1.74. The van der Waals surface area contributed by atoms with Gasteiger partial charge in [-0.25, -0.2) is 0 Å². The Morgan fingerprint density at radius 2 is 1.87 bits per heavy atom. The van der Waals surface area contributed by atoms with Crippen molar-refractivity contribution in [2.24, 2.45) is 0 Å². The van der Waals surface area contributed by atoms with E-state index in [4.69, 9.17) is 4.98 Å². The van der Waals surface area contributed by atoms with Gasteiger partial charge in [-0.3, -0.25) is 9.78 Å². The highest BCUT2D eigenvalue weighted by Gasteiger charge is 2.23. The lowest BCUT2D eigenvalue weighted by Gasteiger charge is -2.15. The van der Waals surface area contributed by atoms with Crippen LogP contribution < -0.4 is 5.32 Å². The first kappa shape index (κ1) is 14.4. The van der Waals surface area contributed by atoms with Crippen LogP contribution in [0.25, 0.3) is 22.0 Å². The molecule has 1 N–H and O–H groups in total. The minimum Gasteiger partial charge on any atom is -0.352 e. The van der Waals surface area contributed by atoms with Crippen molar-refractivity contribution >= 4 is 32.7 Å². The molecule has 114 valence electrons. The summed E-state index contributed by atoms with van der Waals surface area (Å²) >= 11 is 3.54. The molecule has 2 aromatic carbocycles. The summed E-state index contributed by atoms with van der Waals surface area (Å²) in [6.45, 7) is 0.698. The van der Waals surface area contributed by atoms with Crippen molar-refractivity contribution in [3.63, 3.8) is 0 Å². The molecular weight excluding hydrogens is 352 g/mol. The standard InChI is InChI=1S/C19H15BrN2O/c20-13-8-9-15-14(11-13)17(12-5-2-1-3-6-12)18-16(22-15)7-4-10-21-19(18)23/h1-3,5-6,8-9,11H,4,7,10H2,(H,21,23). The molecule has 0 saturated carbocycles. The van der Waals surface area contributed by atoms with Gasteiger partial charge in [0.25, 0.3) is 5.91 Å².